The zero-order valence-corrected chi connectivity index (χ0v) is 68.8. The lowest BCUT2D eigenvalue weighted by atomic mass is 9.39. The predicted octanol–water partition coefficient (Wildman–Crippen LogP) is 6.20. The minimum absolute atomic E-state index is 0.00726. The Labute approximate surface area is 691 Å². The zero-order chi connectivity index (χ0) is 85.2. The normalized spacial score (nSPS) is 24.6. The van der Waals surface area contributed by atoms with Gasteiger partial charge in [-0.05, 0) is 171 Å². The number of nitrogens with zero attached hydrogens (tertiary/aromatic N) is 8. The summed E-state index contributed by atoms with van der Waals surface area (Å²) in [5.74, 6) is -8.30. The molecule has 4 bridgehead atoms. The molecule has 10 N–H and O–H groups in total. The molecule has 14 rings (SSSR count). The fourth-order valence-corrected chi connectivity index (χ4v) is 20.7. The third-order valence-corrected chi connectivity index (χ3v) is 25.6. The number of fused-ring (bicyclic) bond motifs is 2. The fourth-order valence-electron chi connectivity index (χ4n) is 19.5. The number of carboxylic acid groups (broad SMARTS) is 2. The van der Waals surface area contributed by atoms with Gasteiger partial charge in [-0.3, -0.25) is 53.0 Å². The fraction of sp³-hybridized carbons (Fsp3) is 0.530. The number of carbonyl (C=O) groups excluding carboxylic acids is 8. The van der Waals surface area contributed by atoms with Crippen molar-refractivity contribution in [2.75, 3.05) is 73.9 Å². The van der Waals surface area contributed by atoms with Gasteiger partial charge in [-0.2, -0.15) is 13.5 Å². The van der Waals surface area contributed by atoms with Gasteiger partial charge in [0.2, 0.25) is 23.6 Å². The highest BCUT2D eigenvalue weighted by molar-refractivity contribution is 7.85. The van der Waals surface area contributed by atoms with Gasteiger partial charge in [0.25, 0.3) is 27.8 Å². The molecular formula is C83H102N12O22S2. The molecule has 10 atom stereocenters. The van der Waals surface area contributed by atoms with E-state index in [0.29, 0.717) is 71.2 Å². The number of aromatic carboxylic acids is 1. The lowest BCUT2D eigenvalue weighted by Gasteiger charge is -2.69. The Balaban J connectivity index is 0.656. The second kappa shape index (κ2) is 35.6. The van der Waals surface area contributed by atoms with Crippen molar-refractivity contribution in [1.29, 1.82) is 0 Å². The summed E-state index contributed by atoms with van der Waals surface area (Å²) in [5.41, 5.74) is 4.86. The molecule has 3 aromatic heterocycles. The largest absolute Gasteiger partial charge is 0.479 e. The molecule has 638 valence electrons. The first-order valence-electron chi connectivity index (χ1n) is 40.1. The number of aliphatic hydroxyl groups is 3. The van der Waals surface area contributed by atoms with E-state index in [0.717, 1.165) is 81.1 Å². The van der Waals surface area contributed by atoms with Crippen LogP contribution in [-0.4, -0.2) is 245 Å². The van der Waals surface area contributed by atoms with E-state index in [1.54, 1.807) is 50.4 Å². The minimum atomic E-state index is -4.42. The summed E-state index contributed by atoms with van der Waals surface area (Å²) >= 11 is 1.39. The van der Waals surface area contributed by atoms with Crippen LogP contribution in [0, 0.1) is 29.1 Å². The van der Waals surface area contributed by atoms with Crippen LogP contribution in [-0.2, 0) is 95.2 Å². The Morgan fingerprint density at radius 1 is 0.824 bits per heavy atom. The second-order valence-electron chi connectivity index (χ2n) is 34.0. The topological polar surface area (TPSA) is 468 Å². The Hall–Kier alpha value is -10.2. The summed E-state index contributed by atoms with van der Waals surface area (Å²) in [6, 6.07) is 16.9. The molecule has 6 fully saturated rings. The number of aromatic nitrogens is 4. The Kier molecular flexibility index (Phi) is 25.9. The molecule has 0 spiro atoms. The van der Waals surface area contributed by atoms with E-state index >= 15 is 0 Å². The number of hydrogen-bond donors (Lipinski definition) is 10. The van der Waals surface area contributed by atoms with Crippen molar-refractivity contribution in [3.8, 4) is 11.1 Å². The summed E-state index contributed by atoms with van der Waals surface area (Å²) in [5, 5.41) is 68.4. The Morgan fingerprint density at radius 2 is 1.57 bits per heavy atom. The number of benzene rings is 3. The number of imide groups is 1. The number of carbonyl (C=O) groups is 10. The van der Waals surface area contributed by atoms with Crippen molar-refractivity contribution in [3.05, 3.63) is 130 Å². The van der Waals surface area contributed by atoms with Crippen LogP contribution in [0.5, 0.6) is 0 Å². The molecule has 34 nitrogen and oxygen atoms in total. The van der Waals surface area contributed by atoms with Gasteiger partial charge in [0, 0.05) is 85.8 Å². The molecule has 4 aliphatic carbocycles. The van der Waals surface area contributed by atoms with Crippen LogP contribution in [0.1, 0.15) is 154 Å². The van der Waals surface area contributed by atoms with Crippen LogP contribution in [0.4, 0.5) is 21.4 Å². The molecule has 7 heterocycles. The minimum Gasteiger partial charge on any atom is -0.479 e. The van der Waals surface area contributed by atoms with Crippen LogP contribution >= 0.6 is 11.3 Å². The molecule has 4 aliphatic heterocycles. The summed E-state index contributed by atoms with van der Waals surface area (Å²) in [7, 11) is -4.42. The first-order chi connectivity index (χ1) is 56.5. The van der Waals surface area contributed by atoms with E-state index < -0.39 is 149 Å². The highest BCUT2D eigenvalue weighted by Crippen LogP contribution is 2.72. The number of hydrogen-bond acceptors (Lipinski definition) is 24. The van der Waals surface area contributed by atoms with E-state index in [4.69, 9.17) is 29.0 Å². The quantitative estimate of drug-likeness (QED) is 0.0120. The van der Waals surface area contributed by atoms with Crippen LogP contribution < -0.4 is 26.2 Å². The van der Waals surface area contributed by atoms with E-state index in [-0.39, 0.29) is 105 Å². The molecule has 4 saturated carbocycles. The molecule has 8 aliphatic rings. The van der Waals surface area contributed by atoms with Gasteiger partial charge in [0.15, 0.2) is 16.9 Å². The number of aryl methyl sites for hydroxylation is 1. The third kappa shape index (κ3) is 20.1. The molecule has 36 heteroatoms. The van der Waals surface area contributed by atoms with Crippen molar-refractivity contribution in [2.24, 2.45) is 22.2 Å². The monoisotopic (exact) mass is 1680 g/mol. The summed E-state index contributed by atoms with van der Waals surface area (Å²) in [4.78, 5) is 149. The van der Waals surface area contributed by atoms with Gasteiger partial charge in [-0.15, -0.1) is 0 Å². The predicted molar refractivity (Wildman–Crippen MR) is 432 cm³/mol. The number of ether oxygens (including phenoxy) is 4. The number of anilines is 3. The van der Waals surface area contributed by atoms with E-state index in [1.807, 2.05) is 59.0 Å². The van der Waals surface area contributed by atoms with Crippen LogP contribution in [0.15, 0.2) is 91.1 Å². The van der Waals surface area contributed by atoms with Crippen molar-refractivity contribution in [2.45, 2.75) is 199 Å². The number of aliphatic hydroxyl groups excluding tert-OH is 3. The number of carboxylic acids is 2. The van der Waals surface area contributed by atoms with Gasteiger partial charge >= 0.3 is 18.0 Å². The lowest BCUT2D eigenvalue weighted by Crippen LogP contribution is -2.64. The van der Waals surface area contributed by atoms with Crippen LogP contribution in [0.3, 0.4) is 0 Å². The second-order valence-corrected chi connectivity index (χ2v) is 36.6. The number of nitrogens with one attached hydrogen (secondary N) is 4. The average molecular weight is 1680 g/mol. The van der Waals surface area contributed by atoms with Gasteiger partial charge in [-0.25, -0.2) is 24.4 Å². The third-order valence-electron chi connectivity index (χ3n) is 23.9. The SMILES string of the molecule is Cc1c(-c2ccc(N3CCc4cccc(C(=O)Nc5nc6ccccc6s5)c4C3)nc2C(=O)O)cnn1CC12CC3(C)CC(C)(C1)CC(OCCN(CC[C@H](O)CO)C(=O)OCc1ccc(NC(=O)[C@H](C)NC(=O)C(NC(=O)CN4C(=O)[C@@H](N5C(=O)C=CC5=O)C[C@H]4COCCS(=O)(=O)O)C(C)C)cc1CC[C@H]1C[C@@H](O)C[C@@H](C(=O)O)O1)(C3)C2. The first kappa shape index (κ1) is 86.7. The number of amides is 8. The Morgan fingerprint density at radius 3 is 2.28 bits per heavy atom. The van der Waals surface area contributed by atoms with Crippen molar-refractivity contribution < 1.29 is 105 Å². The van der Waals surface area contributed by atoms with Crippen LogP contribution in [0.25, 0.3) is 21.3 Å². The average Bonchev–Trinajstić information content (AvgIpc) is 1.07. The van der Waals surface area contributed by atoms with E-state index in [1.165, 1.54) is 23.2 Å². The van der Waals surface area contributed by atoms with Gasteiger partial charge < -0.3 is 75.1 Å². The molecule has 8 amide bonds. The number of pyridine rings is 1. The maximum atomic E-state index is 14.5. The van der Waals surface area contributed by atoms with Crippen molar-refractivity contribution in [1.82, 2.24) is 45.1 Å². The number of aliphatic carboxylic acids is 1. The maximum Gasteiger partial charge on any atom is 0.410 e. The van der Waals surface area contributed by atoms with Crippen molar-refractivity contribution >= 4 is 108 Å². The molecule has 6 aromatic rings. The zero-order valence-electron chi connectivity index (χ0n) is 67.1. The van der Waals surface area contributed by atoms with Crippen LogP contribution in [0.2, 0.25) is 0 Å². The van der Waals surface area contributed by atoms with Gasteiger partial charge in [0.05, 0.1) is 85.1 Å². The van der Waals surface area contributed by atoms with E-state index in [2.05, 4.69) is 40.1 Å². The smallest absolute Gasteiger partial charge is 0.410 e. The molecule has 0 radical (unpaired) electrons. The lowest BCUT2D eigenvalue weighted by molar-refractivity contribution is -0.248. The highest BCUT2D eigenvalue weighted by Gasteiger charge is 2.66. The van der Waals surface area contributed by atoms with Crippen molar-refractivity contribution in [3.63, 3.8) is 0 Å². The summed E-state index contributed by atoms with van der Waals surface area (Å²) < 4.78 is 59.4. The Bertz CT molecular complexity index is 5000. The molecular weight excluding hydrogens is 1580 g/mol. The number of likely N-dealkylation sites (tertiary alicyclic amines) is 1. The summed E-state index contributed by atoms with van der Waals surface area (Å²) in [6.45, 7) is 10.3. The molecule has 119 heavy (non-hydrogen) atoms. The van der Waals surface area contributed by atoms with E-state index in [9.17, 15) is 86.4 Å². The number of thiazole rings is 1. The van der Waals surface area contributed by atoms with Gasteiger partial charge in [-0.1, -0.05) is 69.4 Å². The van der Waals surface area contributed by atoms with Gasteiger partial charge in [0.1, 0.15) is 30.6 Å². The number of rotatable bonds is 35. The molecule has 3 unspecified atom stereocenters. The standard InChI is InChI=1S/C83H102N12O22S2/c1-47(2)70(89-67(99)36-93-54(39-114-28-29-119(111,112)113)31-63(75(93)105)95-68(100)20-21-69(95)101)74(104)85-48(3)72(102)86-53-16-14-52(51(30-53)15-17-57-32-56(98)33-64(117-57)76(106)107)38-115-79(110)91(25-23-55(97)37-96)26-27-116-83-43-80(5)40-81(6,44-83)42-82(41-80,45-83)46-94-49(4)60(34-84-94)58-18-19-66(88-71(58)77(108)109)92-24-22-50-10-9-11-59(61(50)35-92)73(103)90-78-87-62-12-7-8-13-65(62)118-78/h7-14,16,18-21,30,34,47-48,54-57,63-64,70,96-98H,15,17,22-29,31-33,35-46H2,1-6H3,(H,85,104)(H,86,102)(H,89,99)(H,106,107)(H,108,109)(H,87,90,103)(H,111,112,113)/t48-,54-,55-,56+,57-,63-,64-,70?,80?,81?,82?,83?/m0/s1. The molecule has 2 saturated heterocycles. The number of para-hydroxylation sites is 1. The molecule has 3 aromatic carbocycles. The highest BCUT2D eigenvalue weighted by atomic mass is 32.2. The maximum absolute atomic E-state index is 14.5. The first-order valence-corrected chi connectivity index (χ1v) is 42.5. The summed E-state index contributed by atoms with van der Waals surface area (Å²) in [6.07, 6.45) is 4.53.